The van der Waals surface area contributed by atoms with Crippen molar-refractivity contribution < 1.29 is 19.4 Å². The van der Waals surface area contributed by atoms with Crippen molar-refractivity contribution in [3.8, 4) is 5.75 Å². The van der Waals surface area contributed by atoms with Gasteiger partial charge in [0.15, 0.2) is 0 Å². The fraction of sp³-hybridized carbons (Fsp3) is 0.160. The third kappa shape index (κ3) is 4.58. The van der Waals surface area contributed by atoms with E-state index in [0.29, 0.717) is 28.5 Å². The zero-order chi connectivity index (χ0) is 23.5. The fourth-order valence-corrected chi connectivity index (χ4v) is 4.16. The average Bonchev–Trinajstić information content (AvgIpc) is 3.06. The molecule has 3 aromatic rings. The van der Waals surface area contributed by atoms with E-state index in [4.69, 9.17) is 27.9 Å². The average molecular weight is 483 g/mol. The van der Waals surface area contributed by atoms with Crippen LogP contribution >= 0.6 is 23.2 Å². The van der Waals surface area contributed by atoms with Crippen LogP contribution < -0.4 is 4.74 Å². The Balaban J connectivity index is 1.84. The highest BCUT2D eigenvalue weighted by molar-refractivity contribution is 6.46. The zero-order valence-electron chi connectivity index (χ0n) is 17.7. The number of carbonyl (C=O) groups excluding carboxylic acids is 2. The SMILES string of the molecule is CCOc1ccc(C(O)=C2C(=O)C(=O)N(Cc3cccnc3)[C@H]2c2ccc(Cl)cc2)cc1Cl. The Bertz CT molecular complexity index is 1230. The third-order valence-electron chi connectivity index (χ3n) is 5.31. The lowest BCUT2D eigenvalue weighted by Crippen LogP contribution is -2.29. The monoisotopic (exact) mass is 482 g/mol. The Labute approximate surface area is 201 Å². The van der Waals surface area contributed by atoms with E-state index in [-0.39, 0.29) is 22.9 Å². The second-order valence-corrected chi connectivity index (χ2v) is 8.26. The molecule has 1 N–H and O–H groups in total. The molecule has 1 amide bonds. The second kappa shape index (κ2) is 9.65. The quantitative estimate of drug-likeness (QED) is 0.288. The summed E-state index contributed by atoms with van der Waals surface area (Å²) < 4.78 is 5.44. The highest BCUT2D eigenvalue weighted by Crippen LogP contribution is 2.41. The highest BCUT2D eigenvalue weighted by Gasteiger charge is 2.46. The van der Waals surface area contributed by atoms with E-state index in [1.165, 1.54) is 11.0 Å². The van der Waals surface area contributed by atoms with E-state index in [1.807, 2.05) is 13.0 Å². The Hall–Kier alpha value is -3.35. The van der Waals surface area contributed by atoms with E-state index >= 15 is 0 Å². The maximum atomic E-state index is 13.1. The molecule has 0 saturated carbocycles. The minimum absolute atomic E-state index is 0.0218. The van der Waals surface area contributed by atoms with Gasteiger partial charge in [-0.25, -0.2) is 0 Å². The van der Waals surface area contributed by atoms with Crippen molar-refractivity contribution in [2.24, 2.45) is 0 Å². The van der Waals surface area contributed by atoms with Gasteiger partial charge in [-0.1, -0.05) is 41.4 Å². The minimum Gasteiger partial charge on any atom is -0.507 e. The number of likely N-dealkylation sites (tertiary alicyclic amines) is 1. The van der Waals surface area contributed by atoms with Crippen LogP contribution in [0.3, 0.4) is 0 Å². The maximum absolute atomic E-state index is 13.1. The van der Waals surface area contributed by atoms with Gasteiger partial charge in [0.2, 0.25) is 0 Å². The number of amides is 1. The molecule has 0 radical (unpaired) electrons. The van der Waals surface area contributed by atoms with Crippen LogP contribution in [0.2, 0.25) is 10.0 Å². The normalized spacial score (nSPS) is 17.4. The van der Waals surface area contributed by atoms with Crippen molar-refractivity contribution in [3.63, 3.8) is 0 Å². The van der Waals surface area contributed by atoms with Crippen LogP contribution in [0.15, 0.2) is 72.6 Å². The topological polar surface area (TPSA) is 79.7 Å². The lowest BCUT2D eigenvalue weighted by atomic mass is 9.95. The summed E-state index contributed by atoms with van der Waals surface area (Å²) in [5, 5.41) is 12.0. The van der Waals surface area contributed by atoms with Gasteiger partial charge in [0.05, 0.1) is 23.2 Å². The molecule has 1 fully saturated rings. The molecule has 6 nitrogen and oxygen atoms in total. The molecule has 0 unspecified atom stereocenters. The molecule has 2 aromatic carbocycles. The minimum atomic E-state index is -0.812. The lowest BCUT2D eigenvalue weighted by Gasteiger charge is -2.25. The first-order valence-electron chi connectivity index (χ1n) is 10.3. The standard InChI is InChI=1S/C25H20Cl2N2O4/c1-2-33-20-10-7-17(12-19(20)27)23(30)21-22(16-5-8-18(26)9-6-16)29(25(32)24(21)31)14-15-4-3-11-28-13-15/h3-13,22,30H,2,14H2,1H3/t22-/m0/s1. The Kier molecular flexibility index (Phi) is 6.67. The van der Waals surface area contributed by atoms with Crippen LogP contribution in [0.4, 0.5) is 0 Å². The summed E-state index contributed by atoms with van der Waals surface area (Å²) in [5.41, 5.74) is 1.68. The lowest BCUT2D eigenvalue weighted by molar-refractivity contribution is -0.140. The molecule has 1 aromatic heterocycles. The number of benzene rings is 2. The zero-order valence-corrected chi connectivity index (χ0v) is 19.2. The van der Waals surface area contributed by atoms with Crippen molar-refractivity contribution in [2.75, 3.05) is 6.61 Å². The molecule has 4 rings (SSSR count). The Morgan fingerprint density at radius 2 is 1.88 bits per heavy atom. The van der Waals surface area contributed by atoms with Crippen LogP contribution in [0.5, 0.6) is 5.75 Å². The number of hydrogen-bond acceptors (Lipinski definition) is 5. The molecule has 1 atom stereocenters. The molecule has 0 spiro atoms. The highest BCUT2D eigenvalue weighted by atomic mass is 35.5. The number of pyridine rings is 1. The van der Waals surface area contributed by atoms with E-state index < -0.39 is 17.7 Å². The van der Waals surface area contributed by atoms with Crippen LogP contribution in [0.25, 0.3) is 5.76 Å². The van der Waals surface area contributed by atoms with Crippen molar-refractivity contribution >= 4 is 40.7 Å². The predicted molar refractivity (Wildman–Crippen MR) is 126 cm³/mol. The molecule has 0 aliphatic carbocycles. The van der Waals surface area contributed by atoms with Crippen molar-refractivity contribution in [1.82, 2.24) is 9.88 Å². The van der Waals surface area contributed by atoms with Crippen LogP contribution in [-0.2, 0) is 16.1 Å². The maximum Gasteiger partial charge on any atom is 0.295 e. The van der Waals surface area contributed by atoms with Gasteiger partial charge < -0.3 is 14.7 Å². The van der Waals surface area contributed by atoms with E-state index in [0.717, 1.165) is 5.56 Å². The van der Waals surface area contributed by atoms with E-state index in [9.17, 15) is 14.7 Å². The van der Waals surface area contributed by atoms with Gasteiger partial charge in [0.1, 0.15) is 11.5 Å². The van der Waals surface area contributed by atoms with Crippen LogP contribution in [0, 0.1) is 0 Å². The fourth-order valence-electron chi connectivity index (χ4n) is 3.80. The van der Waals surface area contributed by atoms with Gasteiger partial charge in [0.25, 0.3) is 11.7 Å². The Morgan fingerprint density at radius 3 is 2.52 bits per heavy atom. The number of ketones is 1. The number of halogens is 2. The van der Waals surface area contributed by atoms with Gasteiger partial charge in [0, 0.05) is 29.5 Å². The summed E-state index contributed by atoms with van der Waals surface area (Å²) in [6, 6.07) is 14.3. The first-order valence-corrected chi connectivity index (χ1v) is 11.0. The van der Waals surface area contributed by atoms with Gasteiger partial charge >= 0.3 is 0 Å². The molecule has 1 aliphatic rings. The number of aliphatic hydroxyl groups is 1. The number of hydrogen-bond donors (Lipinski definition) is 1. The molecule has 1 saturated heterocycles. The van der Waals surface area contributed by atoms with Gasteiger partial charge in [-0.3, -0.25) is 14.6 Å². The van der Waals surface area contributed by atoms with Gasteiger partial charge in [-0.2, -0.15) is 0 Å². The Morgan fingerprint density at radius 1 is 1.12 bits per heavy atom. The molecule has 33 heavy (non-hydrogen) atoms. The number of ether oxygens (including phenoxy) is 1. The van der Waals surface area contributed by atoms with E-state index in [1.54, 1.807) is 54.9 Å². The third-order valence-corrected chi connectivity index (χ3v) is 5.85. The summed E-state index contributed by atoms with van der Waals surface area (Å²) in [7, 11) is 0. The second-order valence-electron chi connectivity index (χ2n) is 7.42. The molecule has 2 heterocycles. The summed E-state index contributed by atoms with van der Waals surface area (Å²) in [6.07, 6.45) is 3.26. The molecule has 8 heteroatoms. The smallest absolute Gasteiger partial charge is 0.295 e. The number of rotatable bonds is 6. The molecule has 1 aliphatic heterocycles. The summed E-state index contributed by atoms with van der Waals surface area (Å²) in [4.78, 5) is 31.7. The van der Waals surface area contributed by atoms with E-state index in [2.05, 4.69) is 4.98 Å². The van der Waals surface area contributed by atoms with Gasteiger partial charge in [-0.15, -0.1) is 0 Å². The van der Waals surface area contributed by atoms with Crippen LogP contribution in [0.1, 0.15) is 29.7 Å². The number of Topliss-reactive ketones (excluding diaryl/α,β-unsaturated/α-hetero) is 1. The van der Waals surface area contributed by atoms with Crippen molar-refractivity contribution in [1.29, 1.82) is 0 Å². The number of aliphatic hydroxyl groups excluding tert-OH is 1. The molecular formula is C25H20Cl2N2O4. The van der Waals surface area contributed by atoms with Crippen molar-refractivity contribution in [2.45, 2.75) is 19.5 Å². The summed E-state index contributed by atoms with van der Waals surface area (Å²) in [6.45, 7) is 2.41. The van der Waals surface area contributed by atoms with Crippen LogP contribution in [-0.4, -0.2) is 33.3 Å². The molecule has 0 bridgehead atoms. The number of aromatic nitrogens is 1. The largest absolute Gasteiger partial charge is 0.507 e. The molecular weight excluding hydrogens is 463 g/mol. The summed E-state index contributed by atoms with van der Waals surface area (Å²) in [5.74, 6) is -1.34. The van der Waals surface area contributed by atoms with Crippen molar-refractivity contribution in [3.05, 3.63) is 99.3 Å². The number of nitrogens with zero attached hydrogens (tertiary/aromatic N) is 2. The first-order chi connectivity index (χ1) is 15.9. The number of carbonyl (C=O) groups is 2. The molecule has 168 valence electrons. The van der Waals surface area contributed by atoms with Gasteiger partial charge in [-0.05, 0) is 54.4 Å². The summed E-state index contributed by atoms with van der Waals surface area (Å²) >= 11 is 12.3. The first kappa shape index (κ1) is 22.8. The predicted octanol–water partition coefficient (Wildman–Crippen LogP) is 5.41.